The van der Waals surface area contributed by atoms with Gasteiger partial charge in [-0.2, -0.15) is 0 Å². The zero-order valence-electron chi connectivity index (χ0n) is 14.1. The molecule has 0 bridgehead atoms. The Balaban J connectivity index is 1.67. The fourth-order valence-electron chi connectivity index (χ4n) is 2.94. The molecular formula is C19H19F3N2O2. The van der Waals surface area contributed by atoms with Crippen molar-refractivity contribution in [2.45, 2.75) is 19.3 Å². The summed E-state index contributed by atoms with van der Waals surface area (Å²) in [7, 11) is 0. The van der Waals surface area contributed by atoms with E-state index in [0.29, 0.717) is 11.8 Å². The molecule has 3 rings (SSSR count). The van der Waals surface area contributed by atoms with E-state index in [9.17, 15) is 18.0 Å². The predicted octanol–water partition coefficient (Wildman–Crippen LogP) is 4.11. The molecule has 4 nitrogen and oxygen atoms in total. The van der Waals surface area contributed by atoms with Gasteiger partial charge in [0.2, 0.25) is 0 Å². The minimum Gasteiger partial charge on any atom is -0.481 e. The first-order valence-electron chi connectivity index (χ1n) is 8.45. The molecule has 0 saturated carbocycles. The van der Waals surface area contributed by atoms with E-state index in [1.54, 1.807) is 6.07 Å². The largest absolute Gasteiger partial charge is 0.481 e. The lowest BCUT2D eigenvalue weighted by molar-refractivity contribution is -0.118. The van der Waals surface area contributed by atoms with Crippen LogP contribution in [0.25, 0.3) is 0 Å². The fourth-order valence-corrected chi connectivity index (χ4v) is 2.94. The summed E-state index contributed by atoms with van der Waals surface area (Å²) in [5, 5.41) is 2.61. The molecule has 0 spiro atoms. The highest BCUT2D eigenvalue weighted by atomic mass is 19.1. The van der Waals surface area contributed by atoms with Gasteiger partial charge in [0.15, 0.2) is 18.2 Å². The molecule has 0 aromatic heterocycles. The van der Waals surface area contributed by atoms with E-state index < -0.39 is 30.0 Å². The highest BCUT2D eigenvalue weighted by Crippen LogP contribution is 2.29. The number of carbonyl (C=O) groups is 1. The molecule has 1 aliphatic heterocycles. The van der Waals surface area contributed by atoms with Gasteiger partial charge in [-0.15, -0.1) is 0 Å². The number of carbonyl (C=O) groups excluding carboxylic acids is 1. The normalized spacial score (nSPS) is 14.2. The van der Waals surface area contributed by atoms with E-state index in [0.717, 1.165) is 50.2 Å². The maximum absolute atomic E-state index is 13.6. The Labute approximate surface area is 149 Å². The van der Waals surface area contributed by atoms with Gasteiger partial charge in [0, 0.05) is 19.2 Å². The number of halogens is 3. The van der Waals surface area contributed by atoms with Crippen molar-refractivity contribution in [1.29, 1.82) is 0 Å². The highest BCUT2D eigenvalue weighted by molar-refractivity contribution is 5.95. The van der Waals surface area contributed by atoms with Crippen LogP contribution in [0, 0.1) is 17.5 Å². The molecule has 26 heavy (non-hydrogen) atoms. The third-order valence-corrected chi connectivity index (χ3v) is 4.18. The summed E-state index contributed by atoms with van der Waals surface area (Å²) in [5.74, 6) is -2.87. The Kier molecular flexibility index (Phi) is 5.65. The molecule has 1 aliphatic rings. The van der Waals surface area contributed by atoms with Crippen LogP contribution in [0.3, 0.4) is 0 Å². The SMILES string of the molecule is O=C(COc1ccc(F)cc1F)Nc1cc(F)ccc1N1CCCCC1. The van der Waals surface area contributed by atoms with E-state index in [2.05, 4.69) is 10.2 Å². The third-order valence-electron chi connectivity index (χ3n) is 4.18. The fraction of sp³-hybridized carbons (Fsp3) is 0.316. The lowest BCUT2D eigenvalue weighted by Crippen LogP contribution is -2.31. The van der Waals surface area contributed by atoms with Crippen LogP contribution in [-0.4, -0.2) is 25.6 Å². The molecule has 7 heteroatoms. The summed E-state index contributed by atoms with van der Waals surface area (Å²) >= 11 is 0. The maximum Gasteiger partial charge on any atom is 0.262 e. The first-order valence-corrected chi connectivity index (χ1v) is 8.45. The number of ether oxygens (including phenoxy) is 1. The zero-order chi connectivity index (χ0) is 18.5. The van der Waals surface area contributed by atoms with Gasteiger partial charge in [-0.3, -0.25) is 4.79 Å². The maximum atomic E-state index is 13.6. The van der Waals surface area contributed by atoms with Crippen LogP contribution in [0.2, 0.25) is 0 Å². The molecule has 2 aromatic carbocycles. The molecule has 0 radical (unpaired) electrons. The van der Waals surface area contributed by atoms with Crippen molar-refractivity contribution in [2.24, 2.45) is 0 Å². The Bertz CT molecular complexity index is 792. The van der Waals surface area contributed by atoms with Gasteiger partial charge in [0.1, 0.15) is 11.6 Å². The second-order valence-corrected chi connectivity index (χ2v) is 6.12. The van der Waals surface area contributed by atoms with Crippen LogP contribution in [0.1, 0.15) is 19.3 Å². The lowest BCUT2D eigenvalue weighted by Gasteiger charge is -2.30. The molecule has 1 fully saturated rings. The molecule has 1 heterocycles. The Morgan fingerprint density at radius 3 is 2.42 bits per heavy atom. The second kappa shape index (κ2) is 8.12. The van der Waals surface area contributed by atoms with E-state index in [4.69, 9.17) is 4.74 Å². The van der Waals surface area contributed by atoms with Crippen molar-refractivity contribution >= 4 is 17.3 Å². The lowest BCUT2D eigenvalue weighted by atomic mass is 10.1. The van der Waals surface area contributed by atoms with Crippen LogP contribution in [0.4, 0.5) is 24.5 Å². The van der Waals surface area contributed by atoms with Gasteiger partial charge in [0.25, 0.3) is 5.91 Å². The van der Waals surface area contributed by atoms with E-state index in [1.807, 2.05) is 0 Å². The quantitative estimate of drug-likeness (QED) is 0.868. The van der Waals surface area contributed by atoms with Crippen molar-refractivity contribution in [1.82, 2.24) is 0 Å². The Hall–Kier alpha value is -2.70. The van der Waals surface area contributed by atoms with Gasteiger partial charge in [0.05, 0.1) is 11.4 Å². The number of nitrogens with one attached hydrogen (secondary N) is 1. The average molecular weight is 364 g/mol. The number of nitrogens with zero attached hydrogens (tertiary/aromatic N) is 1. The van der Waals surface area contributed by atoms with E-state index >= 15 is 0 Å². The molecule has 2 aromatic rings. The zero-order valence-corrected chi connectivity index (χ0v) is 14.1. The summed E-state index contributed by atoms with van der Waals surface area (Å²) in [6, 6.07) is 7.06. The summed E-state index contributed by atoms with van der Waals surface area (Å²) in [4.78, 5) is 14.2. The van der Waals surface area contributed by atoms with Crippen molar-refractivity contribution in [3.8, 4) is 5.75 Å². The molecule has 0 unspecified atom stereocenters. The van der Waals surface area contributed by atoms with Crippen molar-refractivity contribution in [3.05, 3.63) is 53.8 Å². The third kappa shape index (κ3) is 4.47. The van der Waals surface area contributed by atoms with Gasteiger partial charge in [-0.1, -0.05) is 0 Å². The summed E-state index contributed by atoms with van der Waals surface area (Å²) < 4.78 is 45.1. The number of piperidine rings is 1. The molecule has 1 saturated heterocycles. The molecule has 1 N–H and O–H groups in total. The monoisotopic (exact) mass is 364 g/mol. The number of hydrogen-bond donors (Lipinski definition) is 1. The van der Waals surface area contributed by atoms with Crippen LogP contribution >= 0.6 is 0 Å². The van der Waals surface area contributed by atoms with E-state index in [-0.39, 0.29) is 5.75 Å². The highest BCUT2D eigenvalue weighted by Gasteiger charge is 2.17. The summed E-state index contributed by atoms with van der Waals surface area (Å²) in [5.41, 5.74) is 1.09. The topological polar surface area (TPSA) is 41.6 Å². The van der Waals surface area contributed by atoms with Crippen LogP contribution in [-0.2, 0) is 4.79 Å². The van der Waals surface area contributed by atoms with Crippen LogP contribution < -0.4 is 15.0 Å². The van der Waals surface area contributed by atoms with Gasteiger partial charge >= 0.3 is 0 Å². The Morgan fingerprint density at radius 1 is 1.00 bits per heavy atom. The van der Waals surface area contributed by atoms with Gasteiger partial charge in [-0.25, -0.2) is 13.2 Å². The second-order valence-electron chi connectivity index (χ2n) is 6.12. The number of anilines is 2. The molecule has 0 aliphatic carbocycles. The number of hydrogen-bond acceptors (Lipinski definition) is 3. The predicted molar refractivity (Wildman–Crippen MR) is 92.9 cm³/mol. The van der Waals surface area contributed by atoms with Crippen LogP contribution in [0.15, 0.2) is 36.4 Å². The summed E-state index contributed by atoms with van der Waals surface area (Å²) in [6.45, 7) is 1.20. The van der Waals surface area contributed by atoms with E-state index in [1.165, 1.54) is 12.1 Å². The van der Waals surface area contributed by atoms with Crippen LogP contribution in [0.5, 0.6) is 5.75 Å². The van der Waals surface area contributed by atoms with Crippen molar-refractivity contribution in [3.63, 3.8) is 0 Å². The molecular weight excluding hydrogens is 345 g/mol. The minimum atomic E-state index is -0.891. The smallest absolute Gasteiger partial charge is 0.262 e. The van der Waals surface area contributed by atoms with Crippen molar-refractivity contribution < 1.29 is 22.7 Å². The minimum absolute atomic E-state index is 0.225. The number of amides is 1. The number of benzene rings is 2. The first-order chi connectivity index (χ1) is 12.5. The summed E-state index contributed by atoms with van der Waals surface area (Å²) in [6.07, 6.45) is 3.23. The van der Waals surface area contributed by atoms with Gasteiger partial charge < -0.3 is 15.0 Å². The number of rotatable bonds is 5. The average Bonchev–Trinajstić information content (AvgIpc) is 2.62. The van der Waals surface area contributed by atoms with Crippen molar-refractivity contribution in [2.75, 3.05) is 29.9 Å². The molecule has 1 amide bonds. The molecule has 138 valence electrons. The Morgan fingerprint density at radius 2 is 1.69 bits per heavy atom. The first kappa shape index (κ1) is 18.1. The molecule has 0 atom stereocenters. The van der Waals surface area contributed by atoms with Gasteiger partial charge in [-0.05, 0) is 49.6 Å². The standard InChI is InChI=1S/C19H19F3N2O2/c20-13-5-7-18(15(22)10-13)26-12-19(25)23-16-11-14(21)4-6-17(16)24-8-2-1-3-9-24/h4-7,10-11H,1-3,8-9,12H2,(H,23,25).